The Morgan fingerprint density at radius 3 is 2.83 bits per heavy atom. The average molecular weight is 227 g/mol. The molecule has 0 fully saturated rings. The zero-order valence-electron chi connectivity index (χ0n) is 6.92. The van der Waals surface area contributed by atoms with Gasteiger partial charge in [0.2, 0.25) is 0 Å². The van der Waals surface area contributed by atoms with E-state index in [9.17, 15) is 0 Å². The first-order valence-corrected chi connectivity index (χ1v) is 4.47. The lowest BCUT2D eigenvalue weighted by molar-refractivity contribution is 1.07. The van der Waals surface area contributed by atoms with E-state index in [-0.39, 0.29) is 0 Å². The normalized spacial score (nSPS) is 10.9. The monoisotopic (exact) mass is 226 g/mol. The Morgan fingerprint density at radius 1 is 1.50 bits per heavy atom. The van der Waals surface area contributed by atoms with Crippen LogP contribution in [-0.4, -0.2) is 13.3 Å². The minimum absolute atomic E-state index is 0.560. The Bertz CT molecular complexity index is 295. The molecular formula is C9H11BrN2. The number of benzene rings is 1. The third-order valence-electron chi connectivity index (χ3n) is 1.49. The van der Waals surface area contributed by atoms with Crippen LogP contribution in [0.2, 0.25) is 0 Å². The third kappa shape index (κ3) is 2.43. The molecule has 1 aromatic carbocycles. The van der Waals surface area contributed by atoms with Crippen molar-refractivity contribution in [1.82, 2.24) is 0 Å². The molecular weight excluding hydrogens is 216 g/mol. The fourth-order valence-electron chi connectivity index (χ4n) is 1.02. The van der Waals surface area contributed by atoms with Crippen molar-refractivity contribution in [1.29, 1.82) is 0 Å². The number of hydrogen-bond donors (Lipinski definition) is 1. The average Bonchev–Trinajstić information content (AvgIpc) is 2.04. The van der Waals surface area contributed by atoms with Crippen LogP contribution in [0.3, 0.4) is 0 Å². The summed E-state index contributed by atoms with van der Waals surface area (Å²) in [7, 11) is 1.75. The first-order chi connectivity index (χ1) is 5.76. The van der Waals surface area contributed by atoms with Gasteiger partial charge in [0.05, 0.1) is 0 Å². The van der Waals surface area contributed by atoms with Crippen LogP contribution in [0.25, 0.3) is 0 Å². The number of rotatable bonds is 2. The summed E-state index contributed by atoms with van der Waals surface area (Å²) in [4.78, 5) is 3.94. The molecule has 0 amide bonds. The van der Waals surface area contributed by atoms with Gasteiger partial charge in [-0.2, -0.15) is 0 Å². The Balaban J connectivity index is 3.06. The predicted molar refractivity (Wildman–Crippen MR) is 55.6 cm³/mol. The van der Waals surface area contributed by atoms with Crippen molar-refractivity contribution in [2.24, 2.45) is 10.7 Å². The molecule has 0 aliphatic rings. The molecule has 2 nitrogen and oxygen atoms in total. The zero-order chi connectivity index (χ0) is 8.97. The summed E-state index contributed by atoms with van der Waals surface area (Å²) in [5.41, 5.74) is 7.71. The lowest BCUT2D eigenvalue weighted by Crippen LogP contribution is -1.97. The predicted octanol–water partition coefficient (Wildman–Crippen LogP) is 1.96. The maximum atomic E-state index is 5.52. The molecule has 1 rings (SSSR count). The molecule has 0 aliphatic heterocycles. The number of aliphatic imine (C=N–C) groups is 1. The van der Waals surface area contributed by atoms with E-state index in [1.165, 1.54) is 0 Å². The summed E-state index contributed by atoms with van der Waals surface area (Å²) in [6.07, 6.45) is 1.81. The third-order valence-corrected chi connectivity index (χ3v) is 1.95. The standard InChI is InChI=1S/C9H11BrN2/c1-12-6-8-2-7(5-11)3-9(10)4-8/h2-4,6H,5,11H2,1H3. The zero-order valence-corrected chi connectivity index (χ0v) is 8.51. The molecule has 0 aliphatic carbocycles. The maximum absolute atomic E-state index is 5.52. The molecule has 0 atom stereocenters. The molecule has 3 heteroatoms. The summed E-state index contributed by atoms with van der Waals surface area (Å²) in [5, 5.41) is 0. The highest BCUT2D eigenvalue weighted by molar-refractivity contribution is 9.10. The van der Waals surface area contributed by atoms with E-state index in [4.69, 9.17) is 5.73 Å². The van der Waals surface area contributed by atoms with Gasteiger partial charge in [-0.1, -0.05) is 15.9 Å². The van der Waals surface area contributed by atoms with Gasteiger partial charge in [-0.3, -0.25) is 4.99 Å². The number of halogens is 1. The Labute approximate surface area is 80.6 Å². The summed E-state index contributed by atoms with van der Waals surface area (Å²) in [5.74, 6) is 0. The topological polar surface area (TPSA) is 38.4 Å². The van der Waals surface area contributed by atoms with Gasteiger partial charge >= 0.3 is 0 Å². The van der Waals surface area contributed by atoms with Crippen molar-refractivity contribution in [3.8, 4) is 0 Å². The fraction of sp³-hybridized carbons (Fsp3) is 0.222. The summed E-state index contributed by atoms with van der Waals surface area (Å²) < 4.78 is 1.04. The number of hydrogen-bond acceptors (Lipinski definition) is 2. The molecule has 0 saturated carbocycles. The molecule has 1 aromatic rings. The smallest absolute Gasteiger partial charge is 0.0281 e. The second-order valence-corrected chi connectivity index (χ2v) is 3.40. The van der Waals surface area contributed by atoms with E-state index >= 15 is 0 Å². The highest BCUT2D eigenvalue weighted by Gasteiger charge is 1.95. The first kappa shape index (κ1) is 9.42. The largest absolute Gasteiger partial charge is 0.326 e. The quantitative estimate of drug-likeness (QED) is 0.770. The molecule has 12 heavy (non-hydrogen) atoms. The summed E-state index contributed by atoms with van der Waals surface area (Å²) in [6, 6.07) is 6.04. The van der Waals surface area contributed by atoms with Crippen LogP contribution in [-0.2, 0) is 6.54 Å². The Morgan fingerprint density at radius 2 is 2.25 bits per heavy atom. The fourth-order valence-corrected chi connectivity index (χ4v) is 1.58. The Kier molecular flexibility index (Phi) is 3.44. The lowest BCUT2D eigenvalue weighted by atomic mass is 10.1. The van der Waals surface area contributed by atoms with E-state index in [2.05, 4.69) is 20.9 Å². The molecule has 0 bridgehead atoms. The van der Waals surface area contributed by atoms with E-state index < -0.39 is 0 Å². The molecule has 0 unspecified atom stereocenters. The second-order valence-electron chi connectivity index (χ2n) is 2.48. The number of nitrogens with two attached hydrogens (primary N) is 1. The molecule has 0 aromatic heterocycles. The van der Waals surface area contributed by atoms with Crippen LogP contribution in [0, 0.1) is 0 Å². The van der Waals surface area contributed by atoms with E-state index in [0.717, 1.165) is 15.6 Å². The van der Waals surface area contributed by atoms with Crippen molar-refractivity contribution < 1.29 is 0 Å². The van der Waals surface area contributed by atoms with Gasteiger partial charge in [0, 0.05) is 24.3 Å². The first-order valence-electron chi connectivity index (χ1n) is 3.68. The van der Waals surface area contributed by atoms with Crippen LogP contribution in [0.15, 0.2) is 27.7 Å². The van der Waals surface area contributed by atoms with Crippen LogP contribution < -0.4 is 5.73 Å². The SMILES string of the molecule is CN=Cc1cc(Br)cc(CN)c1. The van der Waals surface area contributed by atoms with Crippen molar-refractivity contribution in [2.75, 3.05) is 7.05 Å². The molecule has 0 radical (unpaired) electrons. The lowest BCUT2D eigenvalue weighted by Gasteiger charge is -1.99. The van der Waals surface area contributed by atoms with Gasteiger partial charge in [-0.05, 0) is 29.3 Å². The van der Waals surface area contributed by atoms with Gasteiger partial charge in [0.1, 0.15) is 0 Å². The van der Waals surface area contributed by atoms with E-state index in [1.54, 1.807) is 7.05 Å². The van der Waals surface area contributed by atoms with Crippen molar-refractivity contribution in [2.45, 2.75) is 6.54 Å². The van der Waals surface area contributed by atoms with Crippen LogP contribution in [0.4, 0.5) is 0 Å². The summed E-state index contributed by atoms with van der Waals surface area (Å²) in [6.45, 7) is 0.560. The van der Waals surface area contributed by atoms with Gasteiger partial charge in [0.25, 0.3) is 0 Å². The van der Waals surface area contributed by atoms with Crippen molar-refractivity contribution in [3.63, 3.8) is 0 Å². The highest BCUT2D eigenvalue weighted by Crippen LogP contribution is 2.14. The molecule has 0 heterocycles. The van der Waals surface area contributed by atoms with Gasteiger partial charge < -0.3 is 5.73 Å². The van der Waals surface area contributed by atoms with Crippen molar-refractivity contribution in [3.05, 3.63) is 33.8 Å². The van der Waals surface area contributed by atoms with E-state index in [0.29, 0.717) is 6.54 Å². The summed E-state index contributed by atoms with van der Waals surface area (Å²) >= 11 is 3.41. The van der Waals surface area contributed by atoms with Gasteiger partial charge in [-0.25, -0.2) is 0 Å². The van der Waals surface area contributed by atoms with E-state index in [1.807, 2.05) is 24.4 Å². The van der Waals surface area contributed by atoms with Crippen LogP contribution >= 0.6 is 15.9 Å². The second kappa shape index (κ2) is 4.38. The Hall–Kier alpha value is -0.670. The molecule has 64 valence electrons. The van der Waals surface area contributed by atoms with Crippen LogP contribution in [0.5, 0.6) is 0 Å². The highest BCUT2D eigenvalue weighted by atomic mass is 79.9. The van der Waals surface area contributed by atoms with Gasteiger partial charge in [0.15, 0.2) is 0 Å². The minimum Gasteiger partial charge on any atom is -0.326 e. The van der Waals surface area contributed by atoms with Crippen molar-refractivity contribution >= 4 is 22.1 Å². The van der Waals surface area contributed by atoms with Crippen LogP contribution in [0.1, 0.15) is 11.1 Å². The molecule has 0 saturated heterocycles. The molecule has 0 spiro atoms. The minimum atomic E-state index is 0.560. The number of nitrogens with zero attached hydrogens (tertiary/aromatic N) is 1. The maximum Gasteiger partial charge on any atom is 0.0281 e. The molecule has 2 N–H and O–H groups in total. The van der Waals surface area contributed by atoms with Gasteiger partial charge in [-0.15, -0.1) is 0 Å².